The lowest BCUT2D eigenvalue weighted by Gasteiger charge is -2.27. The molecule has 2 aromatic carbocycles. The molecule has 0 aliphatic carbocycles. The number of carbonyl (C=O) groups excluding carboxylic acids is 3. The van der Waals surface area contributed by atoms with Crippen molar-refractivity contribution in [1.29, 1.82) is 0 Å². The van der Waals surface area contributed by atoms with Gasteiger partial charge in [0.05, 0.1) is 14.2 Å². The summed E-state index contributed by atoms with van der Waals surface area (Å²) >= 11 is 0. The average molecular weight is 424 g/mol. The number of hydrogen-bond donors (Lipinski definition) is 1. The van der Waals surface area contributed by atoms with Crippen molar-refractivity contribution in [3.8, 4) is 11.5 Å². The first kappa shape index (κ1) is 20.3. The molecule has 3 amide bonds. The maximum absolute atomic E-state index is 12.6. The lowest BCUT2D eigenvalue weighted by molar-refractivity contribution is -0.509. The normalized spacial score (nSPS) is 17.9. The lowest BCUT2D eigenvalue weighted by Crippen LogP contribution is -2.52. The van der Waals surface area contributed by atoms with E-state index in [4.69, 9.17) is 9.47 Å². The highest BCUT2D eigenvalue weighted by Gasteiger charge is 2.49. The SMILES string of the molecule is COc1ccc(N2CCN3C(=O)C(=O)[N+](CC(=O)Nc4cccc(OC)c4)=NC32)cc1. The fraction of sp³-hybridized carbons (Fsp3) is 0.286. The standard InChI is InChI=1S/C21H21N5O5/c1-30-16-8-6-15(7-9-16)24-10-11-25-19(28)20(29)26(23-21(24)25)13-18(27)22-14-4-3-5-17(12-14)31-2/h3-9,12,21H,10-11,13H2,1-2H3/p+1. The number of fused-ring (bicyclic) bond motifs is 1. The summed E-state index contributed by atoms with van der Waals surface area (Å²) in [6.45, 7) is 0.514. The molecule has 1 fully saturated rings. The molecule has 0 radical (unpaired) electrons. The lowest BCUT2D eigenvalue weighted by atomic mass is 10.3. The van der Waals surface area contributed by atoms with E-state index in [-0.39, 0.29) is 6.54 Å². The quantitative estimate of drug-likeness (QED) is 0.554. The molecule has 10 heteroatoms. The van der Waals surface area contributed by atoms with Crippen molar-refractivity contribution in [2.24, 2.45) is 5.11 Å². The van der Waals surface area contributed by atoms with Crippen molar-refractivity contribution in [2.75, 3.05) is 44.1 Å². The number of anilines is 2. The number of methoxy groups -OCH3 is 2. The van der Waals surface area contributed by atoms with Gasteiger partial charge in [0.2, 0.25) is 0 Å². The van der Waals surface area contributed by atoms with Gasteiger partial charge in [-0.3, -0.25) is 14.5 Å². The van der Waals surface area contributed by atoms with E-state index in [1.165, 1.54) is 12.0 Å². The molecular formula is C21H22N5O5+. The highest BCUT2D eigenvalue weighted by Crippen LogP contribution is 2.28. The minimum atomic E-state index is -0.825. The largest absolute Gasteiger partial charge is 0.502 e. The molecule has 4 rings (SSSR count). The van der Waals surface area contributed by atoms with Crippen LogP contribution in [0.2, 0.25) is 0 Å². The minimum absolute atomic E-state index is 0.370. The first-order valence-corrected chi connectivity index (χ1v) is 9.68. The molecule has 10 nitrogen and oxygen atoms in total. The molecule has 0 aromatic heterocycles. The Balaban J connectivity index is 1.53. The van der Waals surface area contributed by atoms with E-state index in [0.717, 1.165) is 10.4 Å². The van der Waals surface area contributed by atoms with Crippen LogP contribution in [0, 0.1) is 0 Å². The number of rotatable bonds is 6. The van der Waals surface area contributed by atoms with Crippen LogP contribution in [0.4, 0.5) is 11.4 Å². The van der Waals surface area contributed by atoms with Crippen LogP contribution in [-0.2, 0) is 14.4 Å². The van der Waals surface area contributed by atoms with E-state index in [2.05, 4.69) is 10.4 Å². The van der Waals surface area contributed by atoms with Crippen molar-refractivity contribution in [1.82, 2.24) is 4.90 Å². The Bertz CT molecular complexity index is 1050. The molecule has 0 bridgehead atoms. The molecule has 2 aliphatic rings. The Morgan fingerprint density at radius 3 is 2.48 bits per heavy atom. The van der Waals surface area contributed by atoms with Gasteiger partial charge in [-0.25, -0.2) is 4.79 Å². The number of hydrogen-bond acceptors (Lipinski definition) is 7. The summed E-state index contributed by atoms with van der Waals surface area (Å²) < 4.78 is 11.2. The van der Waals surface area contributed by atoms with Crippen molar-refractivity contribution >= 4 is 29.1 Å². The first-order valence-electron chi connectivity index (χ1n) is 9.68. The zero-order valence-corrected chi connectivity index (χ0v) is 17.1. The summed E-state index contributed by atoms with van der Waals surface area (Å²) in [6, 6.07) is 14.2. The molecule has 0 saturated carbocycles. The van der Waals surface area contributed by atoms with Crippen LogP contribution >= 0.6 is 0 Å². The third kappa shape index (κ3) is 4.04. The van der Waals surface area contributed by atoms with Crippen molar-refractivity contribution in [3.05, 3.63) is 48.5 Å². The molecule has 1 unspecified atom stereocenters. The van der Waals surface area contributed by atoms with Gasteiger partial charge in [-0.05, 0) is 41.1 Å². The molecule has 1 N–H and O–H groups in total. The third-order valence-corrected chi connectivity index (χ3v) is 5.11. The first-order chi connectivity index (χ1) is 15.0. The fourth-order valence-corrected chi connectivity index (χ4v) is 3.54. The van der Waals surface area contributed by atoms with E-state index in [1.807, 2.05) is 29.2 Å². The second kappa shape index (κ2) is 8.42. The van der Waals surface area contributed by atoms with Gasteiger partial charge < -0.3 is 19.7 Å². The number of carbonyl (C=O) groups is 3. The minimum Gasteiger partial charge on any atom is -0.497 e. The Labute approximate surface area is 178 Å². The zero-order chi connectivity index (χ0) is 22.0. The van der Waals surface area contributed by atoms with Crippen molar-refractivity contribution < 1.29 is 28.6 Å². The molecular weight excluding hydrogens is 402 g/mol. The molecule has 0 spiro atoms. The summed E-state index contributed by atoms with van der Waals surface area (Å²) in [4.78, 5) is 40.9. The molecule has 2 aromatic rings. The van der Waals surface area contributed by atoms with Crippen molar-refractivity contribution in [2.45, 2.75) is 6.29 Å². The predicted molar refractivity (Wildman–Crippen MR) is 110 cm³/mol. The highest BCUT2D eigenvalue weighted by molar-refractivity contribution is 6.32. The maximum Gasteiger partial charge on any atom is 0.502 e. The van der Waals surface area contributed by atoms with Crippen LogP contribution in [0.1, 0.15) is 0 Å². The predicted octanol–water partition coefficient (Wildman–Crippen LogP) is 1.28. The summed E-state index contributed by atoms with van der Waals surface area (Å²) in [6.07, 6.45) is -0.691. The molecule has 1 saturated heterocycles. The van der Waals surface area contributed by atoms with E-state index in [0.29, 0.717) is 30.3 Å². The van der Waals surface area contributed by atoms with Gasteiger partial charge in [0, 0.05) is 35.6 Å². The number of azo groups is 2. The van der Waals surface area contributed by atoms with Crippen LogP contribution in [0.15, 0.2) is 53.6 Å². The zero-order valence-electron chi connectivity index (χ0n) is 17.1. The fourth-order valence-electron chi connectivity index (χ4n) is 3.54. The van der Waals surface area contributed by atoms with Crippen molar-refractivity contribution in [3.63, 3.8) is 0 Å². The van der Waals surface area contributed by atoms with Gasteiger partial charge in [0.15, 0.2) is 0 Å². The Morgan fingerprint density at radius 1 is 1.06 bits per heavy atom. The van der Waals surface area contributed by atoms with Crippen LogP contribution in [0.5, 0.6) is 11.5 Å². The number of nitrogens with zero attached hydrogens (tertiary/aromatic N) is 4. The summed E-state index contributed by atoms with van der Waals surface area (Å²) in [5.41, 5.74) is 1.35. The Kier molecular flexibility index (Phi) is 5.52. The van der Waals surface area contributed by atoms with Crippen LogP contribution < -0.4 is 19.7 Å². The van der Waals surface area contributed by atoms with E-state index >= 15 is 0 Å². The number of benzene rings is 2. The smallest absolute Gasteiger partial charge is 0.497 e. The molecule has 2 heterocycles. The molecule has 2 aliphatic heterocycles. The number of nitrogens with one attached hydrogen (secondary N) is 1. The van der Waals surface area contributed by atoms with E-state index < -0.39 is 24.0 Å². The number of amides is 3. The third-order valence-electron chi connectivity index (χ3n) is 5.11. The monoisotopic (exact) mass is 424 g/mol. The van der Waals surface area contributed by atoms with Crippen LogP contribution in [0.3, 0.4) is 0 Å². The second-order valence-electron chi connectivity index (χ2n) is 6.99. The highest BCUT2D eigenvalue weighted by atomic mass is 16.5. The summed E-state index contributed by atoms with van der Waals surface area (Å²) in [7, 11) is 3.11. The van der Waals surface area contributed by atoms with Crippen LogP contribution in [0.25, 0.3) is 0 Å². The van der Waals surface area contributed by atoms with Crippen LogP contribution in [-0.4, -0.2) is 67.5 Å². The van der Waals surface area contributed by atoms with Gasteiger partial charge in [0.1, 0.15) is 11.5 Å². The van der Waals surface area contributed by atoms with Gasteiger partial charge >= 0.3 is 11.8 Å². The summed E-state index contributed by atoms with van der Waals surface area (Å²) in [5.74, 6) is -0.676. The number of ether oxygens (including phenoxy) is 2. The Hall–Kier alpha value is -3.95. The average Bonchev–Trinajstić information content (AvgIpc) is 3.21. The van der Waals surface area contributed by atoms with E-state index in [1.54, 1.807) is 31.4 Å². The topological polar surface area (TPSA) is 104 Å². The van der Waals surface area contributed by atoms with E-state index in [9.17, 15) is 14.4 Å². The van der Waals surface area contributed by atoms with Gasteiger partial charge in [0.25, 0.3) is 18.7 Å². The van der Waals surface area contributed by atoms with Gasteiger partial charge in [-0.1, -0.05) is 6.07 Å². The van der Waals surface area contributed by atoms with Gasteiger partial charge in [-0.15, -0.1) is 0 Å². The van der Waals surface area contributed by atoms with Gasteiger partial charge in [-0.2, -0.15) is 0 Å². The maximum atomic E-state index is 12.6. The summed E-state index contributed by atoms with van der Waals surface area (Å²) in [5, 5.41) is 7.08. The molecule has 31 heavy (non-hydrogen) atoms. The molecule has 1 atom stereocenters. The molecule has 160 valence electrons. The second-order valence-corrected chi connectivity index (χ2v) is 6.99. The Morgan fingerprint density at radius 2 is 1.77 bits per heavy atom.